The SMILES string of the molecule is O=[N+]([O-])c1cc(C2=CCOCC2)c2nc1-c1nnc(o1)C(OCc1ccccc1)(C(F)(F)F)CCCCC[C@@H]1CCCN21. The van der Waals surface area contributed by atoms with E-state index in [0.29, 0.717) is 56.0 Å². The third-order valence-corrected chi connectivity index (χ3v) is 8.46. The Labute approximate surface area is 246 Å². The Hall–Kier alpha value is -3.84. The van der Waals surface area contributed by atoms with Gasteiger partial charge >= 0.3 is 11.9 Å². The number of aromatic nitrogens is 3. The fraction of sp³-hybridized carbons (Fsp3) is 0.500. The second-order valence-corrected chi connectivity index (χ2v) is 11.1. The topological polar surface area (TPSA) is 117 Å². The summed E-state index contributed by atoms with van der Waals surface area (Å²) in [6, 6.07) is 10.1. The maximum Gasteiger partial charge on any atom is 0.426 e. The van der Waals surface area contributed by atoms with Gasteiger partial charge < -0.3 is 18.8 Å². The normalized spacial score (nSPS) is 22.9. The predicted octanol–water partition coefficient (Wildman–Crippen LogP) is 6.75. The van der Waals surface area contributed by atoms with Crippen molar-refractivity contribution in [3.05, 3.63) is 69.6 Å². The molecule has 3 aromatic rings. The summed E-state index contributed by atoms with van der Waals surface area (Å²) in [5, 5.41) is 20.0. The van der Waals surface area contributed by atoms with Gasteiger partial charge in [0.25, 0.3) is 11.8 Å². The lowest BCUT2D eigenvalue weighted by Crippen LogP contribution is -2.45. The minimum absolute atomic E-state index is 0.101. The zero-order chi connectivity index (χ0) is 30.0. The van der Waals surface area contributed by atoms with E-state index in [-0.39, 0.29) is 24.8 Å². The van der Waals surface area contributed by atoms with Crippen molar-refractivity contribution in [1.29, 1.82) is 0 Å². The fourth-order valence-electron chi connectivity index (χ4n) is 6.21. The quantitative estimate of drug-likeness (QED) is 0.232. The molecule has 0 N–H and O–H groups in total. The molecule has 13 heteroatoms. The zero-order valence-electron chi connectivity index (χ0n) is 23.5. The Morgan fingerprint density at radius 1 is 1.12 bits per heavy atom. The Morgan fingerprint density at radius 3 is 2.67 bits per heavy atom. The third-order valence-electron chi connectivity index (χ3n) is 8.46. The number of hydrogen-bond acceptors (Lipinski definition) is 9. The summed E-state index contributed by atoms with van der Waals surface area (Å²) < 4.78 is 61.8. The first-order valence-corrected chi connectivity index (χ1v) is 14.6. The lowest BCUT2D eigenvalue weighted by Gasteiger charge is -2.33. The molecule has 43 heavy (non-hydrogen) atoms. The minimum Gasteiger partial charge on any atom is -0.415 e. The van der Waals surface area contributed by atoms with Crippen LogP contribution >= 0.6 is 0 Å². The van der Waals surface area contributed by atoms with Crippen LogP contribution in [0.4, 0.5) is 24.7 Å². The van der Waals surface area contributed by atoms with Gasteiger partial charge in [0.05, 0.1) is 24.7 Å². The van der Waals surface area contributed by atoms with E-state index >= 15 is 13.2 Å². The molecule has 1 saturated heterocycles. The van der Waals surface area contributed by atoms with Gasteiger partial charge in [0.2, 0.25) is 11.3 Å². The van der Waals surface area contributed by atoms with Gasteiger partial charge in [-0.2, -0.15) is 13.2 Å². The smallest absolute Gasteiger partial charge is 0.415 e. The van der Waals surface area contributed by atoms with E-state index in [1.165, 1.54) is 6.07 Å². The van der Waals surface area contributed by atoms with Crippen LogP contribution in [0.5, 0.6) is 0 Å². The highest BCUT2D eigenvalue weighted by Crippen LogP contribution is 2.48. The molecule has 0 amide bonds. The average molecular weight is 600 g/mol. The number of alkyl halides is 3. The van der Waals surface area contributed by atoms with Crippen LogP contribution in [0, 0.1) is 10.1 Å². The monoisotopic (exact) mass is 599 g/mol. The highest BCUT2D eigenvalue weighted by Gasteiger charge is 2.61. The molecule has 5 heterocycles. The molecule has 0 spiro atoms. The first-order valence-electron chi connectivity index (χ1n) is 14.6. The molecule has 228 valence electrons. The minimum atomic E-state index is -4.91. The molecule has 10 nitrogen and oxygen atoms in total. The highest BCUT2D eigenvalue weighted by atomic mass is 19.4. The second kappa shape index (κ2) is 12.0. The van der Waals surface area contributed by atoms with Crippen molar-refractivity contribution in [2.45, 2.75) is 75.8 Å². The summed E-state index contributed by atoms with van der Waals surface area (Å²) in [5.41, 5.74) is -1.54. The highest BCUT2D eigenvalue weighted by molar-refractivity contribution is 5.81. The predicted molar refractivity (Wildman–Crippen MR) is 150 cm³/mol. The van der Waals surface area contributed by atoms with Gasteiger partial charge in [0, 0.05) is 24.2 Å². The summed E-state index contributed by atoms with van der Waals surface area (Å²) in [6.45, 7) is 1.22. The Bertz CT molecular complexity index is 1500. The summed E-state index contributed by atoms with van der Waals surface area (Å²) in [4.78, 5) is 18.6. The Balaban J connectivity index is 1.51. The number of nitrogens with zero attached hydrogens (tertiary/aromatic N) is 5. The van der Waals surface area contributed by atoms with Gasteiger partial charge in [0.15, 0.2) is 0 Å². The molecule has 1 fully saturated rings. The molecule has 3 aliphatic heterocycles. The van der Waals surface area contributed by atoms with E-state index in [9.17, 15) is 10.1 Å². The molecular weight excluding hydrogens is 567 g/mol. The number of rotatable bonds is 5. The standard InChI is InChI=1S/C30H32F3N5O5/c31-30(32,33)29(42-19-20-8-3-1-4-9-20)14-6-2-5-10-22-11-7-15-37(22)26-23(21-12-16-41-17-13-21)18-24(38(39)40)25(34-26)27-35-36-28(29)43-27/h1,3-4,8-9,12,18,22H,2,5-7,10-11,13-17,19H2/t22-,29?/m1/s1. The van der Waals surface area contributed by atoms with Crippen molar-refractivity contribution in [3.8, 4) is 11.6 Å². The fourth-order valence-corrected chi connectivity index (χ4v) is 6.21. The average Bonchev–Trinajstić information content (AvgIpc) is 3.68. The summed E-state index contributed by atoms with van der Waals surface area (Å²) in [5.74, 6) is -0.716. The number of anilines is 1. The van der Waals surface area contributed by atoms with Crippen molar-refractivity contribution in [2.75, 3.05) is 24.7 Å². The third kappa shape index (κ3) is 5.75. The van der Waals surface area contributed by atoms with E-state index < -0.39 is 40.6 Å². The number of hydrogen-bond donors (Lipinski definition) is 0. The molecule has 6 rings (SSSR count). The number of nitro groups is 1. The molecule has 4 bridgehead atoms. The molecule has 1 unspecified atom stereocenters. The molecule has 0 radical (unpaired) electrons. The lowest BCUT2D eigenvalue weighted by molar-refractivity contribution is -0.384. The summed E-state index contributed by atoms with van der Waals surface area (Å²) in [7, 11) is 0. The Kier molecular flexibility index (Phi) is 8.19. The van der Waals surface area contributed by atoms with Crippen LogP contribution < -0.4 is 4.90 Å². The van der Waals surface area contributed by atoms with Gasteiger partial charge in [0.1, 0.15) is 5.82 Å². The first kappa shape index (κ1) is 29.2. The Morgan fingerprint density at radius 2 is 1.93 bits per heavy atom. The largest absolute Gasteiger partial charge is 0.426 e. The van der Waals surface area contributed by atoms with E-state index in [1.54, 1.807) is 30.3 Å². The maximum atomic E-state index is 15.0. The first-order chi connectivity index (χ1) is 20.8. The molecule has 2 aromatic heterocycles. The summed E-state index contributed by atoms with van der Waals surface area (Å²) >= 11 is 0. The lowest BCUT2D eigenvalue weighted by atomic mass is 9.93. The summed E-state index contributed by atoms with van der Waals surface area (Å²) in [6.07, 6.45) is 1.14. The van der Waals surface area contributed by atoms with Crippen LogP contribution in [0.15, 0.2) is 46.9 Å². The molecule has 3 aliphatic rings. The van der Waals surface area contributed by atoms with Crippen molar-refractivity contribution in [1.82, 2.24) is 15.2 Å². The maximum absolute atomic E-state index is 15.0. The van der Waals surface area contributed by atoms with Crippen LogP contribution in [0.1, 0.15) is 68.4 Å². The number of ether oxygens (including phenoxy) is 2. The van der Waals surface area contributed by atoms with Gasteiger partial charge in [-0.3, -0.25) is 10.1 Å². The van der Waals surface area contributed by atoms with Crippen LogP contribution in [-0.2, 0) is 21.7 Å². The van der Waals surface area contributed by atoms with Crippen LogP contribution in [0.2, 0.25) is 0 Å². The second-order valence-electron chi connectivity index (χ2n) is 11.1. The van der Waals surface area contributed by atoms with E-state index in [1.807, 2.05) is 6.08 Å². The molecule has 1 aromatic carbocycles. The van der Waals surface area contributed by atoms with E-state index in [4.69, 9.17) is 18.9 Å². The van der Waals surface area contributed by atoms with Crippen LogP contribution in [0.3, 0.4) is 0 Å². The van der Waals surface area contributed by atoms with Gasteiger partial charge in [-0.1, -0.05) is 49.2 Å². The van der Waals surface area contributed by atoms with E-state index in [0.717, 1.165) is 24.8 Å². The number of pyridine rings is 1. The van der Waals surface area contributed by atoms with Gasteiger partial charge in [-0.05, 0) is 49.7 Å². The zero-order valence-corrected chi connectivity index (χ0v) is 23.5. The number of benzene rings is 1. The van der Waals surface area contributed by atoms with E-state index in [2.05, 4.69) is 15.1 Å². The van der Waals surface area contributed by atoms with Crippen LogP contribution in [0.25, 0.3) is 17.2 Å². The van der Waals surface area contributed by atoms with Gasteiger partial charge in [-0.25, -0.2) is 4.98 Å². The number of halogens is 3. The molecule has 2 atom stereocenters. The van der Waals surface area contributed by atoms with Crippen molar-refractivity contribution >= 4 is 17.1 Å². The molecular formula is C30H32F3N5O5. The van der Waals surface area contributed by atoms with Crippen molar-refractivity contribution in [3.63, 3.8) is 0 Å². The van der Waals surface area contributed by atoms with Crippen molar-refractivity contribution in [2.24, 2.45) is 0 Å². The van der Waals surface area contributed by atoms with Gasteiger partial charge in [-0.15, -0.1) is 10.2 Å². The molecule has 0 aliphatic carbocycles. The molecule has 0 saturated carbocycles. The van der Waals surface area contributed by atoms with Crippen LogP contribution in [-0.4, -0.2) is 52.1 Å². The number of fused-ring (bicyclic) bond motifs is 7. The van der Waals surface area contributed by atoms with Crippen molar-refractivity contribution < 1.29 is 32.0 Å².